The maximum absolute atomic E-state index is 4.55. The molecule has 0 radical (unpaired) electrons. The van der Waals surface area contributed by atoms with Gasteiger partial charge in [-0.2, -0.15) is 11.8 Å². The minimum absolute atomic E-state index is 0.972. The lowest BCUT2D eigenvalue weighted by Crippen LogP contribution is -2.03. The van der Waals surface area contributed by atoms with Crippen molar-refractivity contribution in [3.8, 4) is 0 Å². The normalized spacial score (nSPS) is 10.6. The molecule has 0 aliphatic rings. The van der Waals surface area contributed by atoms with Crippen LogP contribution in [0.3, 0.4) is 0 Å². The van der Waals surface area contributed by atoms with Crippen LogP contribution in [-0.4, -0.2) is 23.5 Å². The van der Waals surface area contributed by atoms with Crippen LogP contribution in [-0.2, 0) is 0 Å². The van der Waals surface area contributed by atoms with Crippen molar-refractivity contribution in [1.29, 1.82) is 0 Å². The van der Waals surface area contributed by atoms with Gasteiger partial charge in [-0.1, -0.05) is 18.2 Å². The molecule has 84 valence electrons. The SMILES string of the molecule is CSCCCNc1ccc2ccccc2n1. The number of fused-ring (bicyclic) bond motifs is 1. The molecule has 1 N–H and O–H groups in total. The highest BCUT2D eigenvalue weighted by molar-refractivity contribution is 7.98. The molecule has 1 heterocycles. The van der Waals surface area contributed by atoms with Crippen molar-refractivity contribution in [3.05, 3.63) is 36.4 Å². The maximum atomic E-state index is 4.55. The summed E-state index contributed by atoms with van der Waals surface area (Å²) in [5.41, 5.74) is 1.05. The van der Waals surface area contributed by atoms with Gasteiger partial charge in [0.2, 0.25) is 0 Å². The number of hydrogen-bond acceptors (Lipinski definition) is 3. The zero-order valence-corrected chi connectivity index (χ0v) is 10.3. The lowest BCUT2D eigenvalue weighted by atomic mass is 10.2. The van der Waals surface area contributed by atoms with Gasteiger partial charge in [0.25, 0.3) is 0 Å². The van der Waals surface area contributed by atoms with Gasteiger partial charge in [-0.15, -0.1) is 0 Å². The van der Waals surface area contributed by atoms with E-state index in [1.807, 2.05) is 36.0 Å². The van der Waals surface area contributed by atoms with Gasteiger partial charge in [-0.3, -0.25) is 0 Å². The summed E-state index contributed by atoms with van der Waals surface area (Å²) in [6.45, 7) is 0.992. The molecule has 16 heavy (non-hydrogen) atoms. The van der Waals surface area contributed by atoms with Crippen LogP contribution in [0, 0.1) is 0 Å². The summed E-state index contributed by atoms with van der Waals surface area (Å²) in [4.78, 5) is 4.55. The van der Waals surface area contributed by atoms with Crippen LogP contribution in [0.5, 0.6) is 0 Å². The number of thioether (sulfide) groups is 1. The van der Waals surface area contributed by atoms with Crippen LogP contribution < -0.4 is 5.32 Å². The summed E-state index contributed by atoms with van der Waals surface area (Å²) in [5.74, 6) is 2.17. The summed E-state index contributed by atoms with van der Waals surface area (Å²) in [7, 11) is 0. The average molecular weight is 232 g/mol. The van der Waals surface area contributed by atoms with E-state index in [9.17, 15) is 0 Å². The van der Waals surface area contributed by atoms with Crippen molar-refractivity contribution in [2.45, 2.75) is 6.42 Å². The number of nitrogens with zero attached hydrogens (tertiary/aromatic N) is 1. The van der Waals surface area contributed by atoms with Crippen LogP contribution >= 0.6 is 11.8 Å². The van der Waals surface area contributed by atoms with E-state index in [0.29, 0.717) is 0 Å². The fourth-order valence-electron chi connectivity index (χ4n) is 1.60. The number of hydrogen-bond donors (Lipinski definition) is 1. The summed E-state index contributed by atoms with van der Waals surface area (Å²) >= 11 is 1.88. The second-order valence-corrected chi connectivity index (χ2v) is 4.65. The lowest BCUT2D eigenvalue weighted by molar-refractivity contribution is 0.984. The third kappa shape index (κ3) is 2.89. The summed E-state index contributed by atoms with van der Waals surface area (Å²) < 4.78 is 0. The molecule has 0 aliphatic heterocycles. The minimum atomic E-state index is 0.972. The molecule has 0 spiro atoms. The Morgan fingerprint density at radius 1 is 1.19 bits per heavy atom. The summed E-state index contributed by atoms with van der Waals surface area (Å²) in [6, 6.07) is 12.3. The number of anilines is 1. The van der Waals surface area contributed by atoms with Crippen LogP contribution in [0.4, 0.5) is 5.82 Å². The van der Waals surface area contributed by atoms with E-state index in [0.717, 1.165) is 17.9 Å². The quantitative estimate of drug-likeness (QED) is 0.800. The van der Waals surface area contributed by atoms with Gasteiger partial charge < -0.3 is 5.32 Å². The first kappa shape index (κ1) is 11.3. The molecular weight excluding hydrogens is 216 g/mol. The number of benzene rings is 1. The average Bonchev–Trinajstić information content (AvgIpc) is 2.34. The molecule has 1 aromatic carbocycles. The zero-order chi connectivity index (χ0) is 11.2. The van der Waals surface area contributed by atoms with Crippen molar-refractivity contribution < 1.29 is 0 Å². The molecular formula is C13H16N2S. The highest BCUT2D eigenvalue weighted by atomic mass is 32.2. The van der Waals surface area contributed by atoms with E-state index in [1.165, 1.54) is 17.6 Å². The molecule has 0 bridgehead atoms. The zero-order valence-electron chi connectivity index (χ0n) is 9.44. The molecule has 2 nitrogen and oxygen atoms in total. The Bertz CT molecular complexity index is 456. The Morgan fingerprint density at radius 2 is 2.06 bits per heavy atom. The highest BCUT2D eigenvalue weighted by Gasteiger charge is 1.96. The van der Waals surface area contributed by atoms with Gasteiger partial charge in [0, 0.05) is 11.9 Å². The molecule has 3 heteroatoms. The number of rotatable bonds is 5. The Kier molecular flexibility index (Phi) is 4.05. The van der Waals surface area contributed by atoms with E-state index in [4.69, 9.17) is 0 Å². The van der Waals surface area contributed by atoms with E-state index >= 15 is 0 Å². The van der Waals surface area contributed by atoms with Gasteiger partial charge in [0.05, 0.1) is 5.52 Å². The molecule has 2 rings (SSSR count). The fraction of sp³-hybridized carbons (Fsp3) is 0.308. The maximum Gasteiger partial charge on any atom is 0.126 e. The van der Waals surface area contributed by atoms with Gasteiger partial charge in [0.15, 0.2) is 0 Å². The molecule has 0 aliphatic carbocycles. The van der Waals surface area contributed by atoms with E-state index in [-0.39, 0.29) is 0 Å². The van der Waals surface area contributed by atoms with E-state index < -0.39 is 0 Å². The number of pyridine rings is 1. The topological polar surface area (TPSA) is 24.9 Å². The molecule has 2 aromatic rings. The van der Waals surface area contributed by atoms with Crippen molar-refractivity contribution in [2.75, 3.05) is 23.9 Å². The predicted octanol–water partition coefficient (Wildman–Crippen LogP) is 3.40. The fourth-order valence-corrected chi connectivity index (χ4v) is 2.03. The highest BCUT2D eigenvalue weighted by Crippen LogP contribution is 2.14. The Morgan fingerprint density at radius 3 is 2.94 bits per heavy atom. The van der Waals surface area contributed by atoms with Gasteiger partial charge in [-0.25, -0.2) is 4.98 Å². The number of nitrogens with one attached hydrogen (secondary N) is 1. The van der Waals surface area contributed by atoms with Crippen LogP contribution in [0.25, 0.3) is 10.9 Å². The lowest BCUT2D eigenvalue weighted by Gasteiger charge is -2.05. The van der Waals surface area contributed by atoms with Crippen LogP contribution in [0.1, 0.15) is 6.42 Å². The van der Waals surface area contributed by atoms with Crippen LogP contribution in [0.2, 0.25) is 0 Å². The first-order chi connectivity index (χ1) is 7.90. The Labute approximate surface area is 100 Å². The van der Waals surface area contributed by atoms with Crippen LogP contribution in [0.15, 0.2) is 36.4 Å². The standard InChI is InChI=1S/C13H16N2S/c1-16-10-4-9-14-13-8-7-11-5-2-3-6-12(11)15-13/h2-3,5-8H,4,9-10H2,1H3,(H,14,15). The molecule has 0 amide bonds. The third-order valence-corrected chi connectivity index (χ3v) is 3.13. The molecule has 0 unspecified atom stereocenters. The molecule has 0 atom stereocenters. The molecule has 1 aromatic heterocycles. The first-order valence-electron chi connectivity index (χ1n) is 5.49. The van der Waals surface area contributed by atoms with Crippen molar-refractivity contribution in [3.63, 3.8) is 0 Å². The van der Waals surface area contributed by atoms with Gasteiger partial charge in [-0.05, 0) is 36.6 Å². The molecule has 0 saturated carbocycles. The summed E-state index contributed by atoms with van der Waals surface area (Å²) in [6.07, 6.45) is 3.31. The van der Waals surface area contributed by atoms with Gasteiger partial charge in [0.1, 0.15) is 5.82 Å². The number of para-hydroxylation sites is 1. The Hall–Kier alpha value is -1.22. The van der Waals surface area contributed by atoms with E-state index in [1.54, 1.807) is 0 Å². The third-order valence-electron chi connectivity index (χ3n) is 2.43. The smallest absolute Gasteiger partial charge is 0.126 e. The second-order valence-electron chi connectivity index (χ2n) is 3.66. The van der Waals surface area contributed by atoms with Crippen molar-refractivity contribution >= 4 is 28.5 Å². The van der Waals surface area contributed by atoms with E-state index in [2.05, 4.69) is 28.7 Å². The minimum Gasteiger partial charge on any atom is -0.370 e. The van der Waals surface area contributed by atoms with Crippen molar-refractivity contribution in [1.82, 2.24) is 4.98 Å². The predicted molar refractivity (Wildman–Crippen MR) is 73.2 cm³/mol. The number of aromatic nitrogens is 1. The largest absolute Gasteiger partial charge is 0.370 e. The van der Waals surface area contributed by atoms with Gasteiger partial charge >= 0.3 is 0 Å². The monoisotopic (exact) mass is 232 g/mol. The molecule has 0 fully saturated rings. The Balaban J connectivity index is 2.02. The first-order valence-corrected chi connectivity index (χ1v) is 6.88. The second kappa shape index (κ2) is 5.75. The van der Waals surface area contributed by atoms with Crippen molar-refractivity contribution in [2.24, 2.45) is 0 Å². The molecule has 0 saturated heterocycles. The summed E-state index contributed by atoms with van der Waals surface area (Å²) in [5, 5.41) is 4.54.